The minimum atomic E-state index is 0.206. The monoisotopic (exact) mass is 628 g/mol. The summed E-state index contributed by atoms with van der Waals surface area (Å²) in [6.45, 7) is 0. The first-order chi connectivity index (χ1) is 23.8. The number of rotatable bonds is 7. The van der Waals surface area contributed by atoms with Crippen LogP contribution in [0.2, 0.25) is 0 Å². The van der Waals surface area contributed by atoms with E-state index in [1.54, 1.807) is 0 Å². The summed E-state index contributed by atoms with van der Waals surface area (Å²) < 4.78 is 0. The second-order valence-electron chi connectivity index (χ2n) is 13.8. The summed E-state index contributed by atoms with van der Waals surface area (Å²) in [5, 5.41) is 0. The second-order valence-corrected chi connectivity index (χ2v) is 13.8. The maximum Gasteiger partial charge on any atom is 0.159 e. The highest BCUT2D eigenvalue weighted by Gasteiger charge is 2.30. The summed E-state index contributed by atoms with van der Waals surface area (Å²) in [6.07, 6.45) is 42.2. The molecular formula is C44H44N4. The zero-order valence-electron chi connectivity index (χ0n) is 27.7. The zero-order chi connectivity index (χ0) is 32.1. The SMILES string of the molecule is C1=CCCC(c2cnc(-c3ccccc3)c(C3=CC(C4C=CCC(c5nc(C6=CC=CCC6)nc(C6C=CC=CC6)n5)C4)CCC3)c2)=C1. The minimum absolute atomic E-state index is 0.206. The largest absolute Gasteiger partial charge is 0.255 e. The molecule has 0 saturated carbocycles. The maximum atomic E-state index is 5.20. The number of aromatic nitrogens is 4. The molecule has 2 heterocycles. The third-order valence-corrected chi connectivity index (χ3v) is 10.6. The van der Waals surface area contributed by atoms with Gasteiger partial charge in [0.1, 0.15) is 11.6 Å². The van der Waals surface area contributed by atoms with Crippen molar-refractivity contribution in [3.63, 3.8) is 0 Å². The van der Waals surface area contributed by atoms with Crippen molar-refractivity contribution in [1.29, 1.82) is 0 Å². The van der Waals surface area contributed by atoms with Crippen molar-refractivity contribution < 1.29 is 0 Å². The van der Waals surface area contributed by atoms with Gasteiger partial charge in [0.05, 0.1) is 5.69 Å². The highest BCUT2D eigenvalue weighted by Crippen LogP contribution is 2.43. The lowest BCUT2D eigenvalue weighted by molar-refractivity contribution is 0.356. The Balaban J connectivity index is 1.11. The summed E-state index contributed by atoms with van der Waals surface area (Å²) in [7, 11) is 0. The van der Waals surface area contributed by atoms with Crippen LogP contribution in [0.4, 0.5) is 0 Å². The molecule has 1 aromatic carbocycles. The fourth-order valence-electron chi connectivity index (χ4n) is 7.98. The second kappa shape index (κ2) is 14.2. The number of benzene rings is 1. The van der Waals surface area contributed by atoms with E-state index in [9.17, 15) is 0 Å². The molecule has 240 valence electrons. The Morgan fingerprint density at radius 1 is 0.646 bits per heavy atom. The van der Waals surface area contributed by atoms with E-state index < -0.39 is 0 Å². The van der Waals surface area contributed by atoms with E-state index in [0.717, 1.165) is 74.5 Å². The van der Waals surface area contributed by atoms with Gasteiger partial charge in [0.2, 0.25) is 0 Å². The molecule has 4 atom stereocenters. The fraction of sp³-hybridized carbons (Fsp3) is 0.318. The van der Waals surface area contributed by atoms with Gasteiger partial charge >= 0.3 is 0 Å². The molecule has 0 bridgehead atoms. The standard InChI is InChI=1S/C44H44N4/c1-5-15-31(16-6-1)39-29-40(41(45-30-39)32-17-7-2-8-18-32)37-25-13-23-35(27-37)36-24-14-26-38(28-36)44-47-42(33-19-9-3-10-20-33)46-43(48-44)34-21-11-4-12-22-34/h1-5,7-11,14-15,17-19,21,24,27,29-30,33,35-36,38H,6,12-13,16,20,22-23,25-26,28H2. The minimum Gasteiger partial charge on any atom is -0.255 e. The van der Waals surface area contributed by atoms with Gasteiger partial charge in [-0.15, -0.1) is 0 Å². The summed E-state index contributed by atoms with van der Waals surface area (Å²) in [6, 6.07) is 13.1. The topological polar surface area (TPSA) is 51.6 Å². The molecule has 2 aromatic heterocycles. The normalized spacial score (nSPS) is 25.0. The molecule has 4 nitrogen and oxygen atoms in total. The van der Waals surface area contributed by atoms with Crippen molar-refractivity contribution in [3.8, 4) is 11.3 Å². The molecule has 0 amide bonds. The highest BCUT2D eigenvalue weighted by atomic mass is 15.0. The van der Waals surface area contributed by atoms with Gasteiger partial charge in [0.15, 0.2) is 5.82 Å². The van der Waals surface area contributed by atoms with Crippen LogP contribution in [0, 0.1) is 11.8 Å². The molecule has 5 aliphatic carbocycles. The number of hydrogen-bond donors (Lipinski definition) is 0. The van der Waals surface area contributed by atoms with Gasteiger partial charge in [-0.05, 0) is 104 Å². The summed E-state index contributed by atoms with van der Waals surface area (Å²) in [5.41, 5.74) is 8.89. The fourth-order valence-corrected chi connectivity index (χ4v) is 7.98. The lowest BCUT2D eigenvalue weighted by atomic mass is 9.73. The van der Waals surface area contributed by atoms with Gasteiger partial charge in [0, 0.05) is 29.2 Å². The van der Waals surface area contributed by atoms with Gasteiger partial charge in [0.25, 0.3) is 0 Å². The first kappa shape index (κ1) is 30.6. The molecule has 48 heavy (non-hydrogen) atoms. The van der Waals surface area contributed by atoms with Crippen LogP contribution in [0.25, 0.3) is 28.0 Å². The Labute approximate surface area is 285 Å². The Morgan fingerprint density at radius 3 is 2.27 bits per heavy atom. The summed E-state index contributed by atoms with van der Waals surface area (Å²) >= 11 is 0. The van der Waals surface area contributed by atoms with Gasteiger partial charge < -0.3 is 0 Å². The van der Waals surface area contributed by atoms with Crippen LogP contribution in [0.5, 0.6) is 0 Å². The number of allylic oxidation sites excluding steroid dienone is 16. The van der Waals surface area contributed by atoms with E-state index in [1.807, 2.05) is 0 Å². The molecule has 0 radical (unpaired) electrons. The Morgan fingerprint density at radius 2 is 1.48 bits per heavy atom. The van der Waals surface area contributed by atoms with E-state index in [2.05, 4.69) is 122 Å². The smallest absolute Gasteiger partial charge is 0.159 e. The highest BCUT2D eigenvalue weighted by molar-refractivity contribution is 5.82. The number of pyridine rings is 1. The molecule has 4 heteroatoms. The predicted molar refractivity (Wildman–Crippen MR) is 198 cm³/mol. The third-order valence-electron chi connectivity index (χ3n) is 10.6. The Bertz CT molecular complexity index is 1900. The van der Waals surface area contributed by atoms with Crippen molar-refractivity contribution in [2.75, 3.05) is 0 Å². The molecule has 5 aliphatic rings. The Hall–Kier alpha value is -4.70. The summed E-state index contributed by atoms with van der Waals surface area (Å²) in [4.78, 5) is 20.6. The maximum absolute atomic E-state index is 5.20. The predicted octanol–water partition coefficient (Wildman–Crippen LogP) is 10.9. The summed E-state index contributed by atoms with van der Waals surface area (Å²) in [5.74, 6) is 4.20. The van der Waals surface area contributed by atoms with Crippen molar-refractivity contribution in [3.05, 3.63) is 150 Å². The quantitative estimate of drug-likeness (QED) is 0.244. The van der Waals surface area contributed by atoms with E-state index in [0.29, 0.717) is 17.8 Å². The Kier molecular flexibility index (Phi) is 9.05. The van der Waals surface area contributed by atoms with Crippen LogP contribution < -0.4 is 0 Å². The molecular weight excluding hydrogens is 585 g/mol. The van der Waals surface area contributed by atoms with Crippen LogP contribution in [0.1, 0.15) is 105 Å². The van der Waals surface area contributed by atoms with E-state index >= 15 is 0 Å². The zero-order valence-corrected chi connectivity index (χ0v) is 27.7. The lowest BCUT2D eigenvalue weighted by Gasteiger charge is -2.32. The molecule has 8 rings (SSSR count). The molecule has 0 spiro atoms. The number of nitrogens with zero attached hydrogens (tertiary/aromatic N) is 4. The van der Waals surface area contributed by atoms with Gasteiger partial charge in [-0.3, -0.25) is 4.98 Å². The first-order valence-corrected chi connectivity index (χ1v) is 18.0. The van der Waals surface area contributed by atoms with Gasteiger partial charge in [-0.25, -0.2) is 15.0 Å². The molecule has 0 N–H and O–H groups in total. The lowest BCUT2D eigenvalue weighted by Crippen LogP contribution is -2.22. The third kappa shape index (κ3) is 6.67. The molecule has 0 fully saturated rings. The first-order valence-electron chi connectivity index (χ1n) is 18.0. The van der Waals surface area contributed by atoms with Crippen LogP contribution in [0.15, 0.2) is 122 Å². The van der Waals surface area contributed by atoms with Gasteiger partial charge in [-0.1, -0.05) is 109 Å². The van der Waals surface area contributed by atoms with Crippen LogP contribution in [-0.4, -0.2) is 19.9 Å². The van der Waals surface area contributed by atoms with Crippen molar-refractivity contribution in [2.24, 2.45) is 11.8 Å². The molecule has 3 aromatic rings. The van der Waals surface area contributed by atoms with Crippen LogP contribution in [0.3, 0.4) is 0 Å². The molecule has 0 aliphatic heterocycles. The molecule has 0 saturated heterocycles. The van der Waals surface area contributed by atoms with Crippen molar-refractivity contribution in [2.45, 2.75) is 76.0 Å². The number of hydrogen-bond acceptors (Lipinski definition) is 4. The van der Waals surface area contributed by atoms with Crippen LogP contribution >= 0.6 is 0 Å². The van der Waals surface area contributed by atoms with Gasteiger partial charge in [-0.2, -0.15) is 0 Å². The molecule has 4 unspecified atom stereocenters. The van der Waals surface area contributed by atoms with Crippen molar-refractivity contribution in [1.82, 2.24) is 19.9 Å². The average Bonchev–Trinajstić information content (AvgIpc) is 3.19. The average molecular weight is 629 g/mol. The van der Waals surface area contributed by atoms with E-state index in [-0.39, 0.29) is 5.92 Å². The van der Waals surface area contributed by atoms with E-state index in [1.165, 1.54) is 46.3 Å². The van der Waals surface area contributed by atoms with Crippen LogP contribution in [-0.2, 0) is 0 Å². The van der Waals surface area contributed by atoms with E-state index in [4.69, 9.17) is 19.9 Å². The van der Waals surface area contributed by atoms with Crippen molar-refractivity contribution >= 4 is 16.7 Å².